The Bertz CT molecular complexity index is 641. The maximum Gasteiger partial charge on any atom is 0.410 e. The van der Waals surface area contributed by atoms with Gasteiger partial charge in [-0.25, -0.2) is 9.78 Å². The number of halogens is 2. The molecule has 2 aliphatic rings. The van der Waals surface area contributed by atoms with E-state index in [9.17, 15) is 9.18 Å². The van der Waals surface area contributed by atoms with Gasteiger partial charge in [-0.1, -0.05) is 11.6 Å². The summed E-state index contributed by atoms with van der Waals surface area (Å²) in [7, 11) is 0. The van der Waals surface area contributed by atoms with E-state index in [1.807, 2.05) is 20.8 Å². The van der Waals surface area contributed by atoms with E-state index in [0.717, 1.165) is 6.33 Å². The highest BCUT2D eigenvalue weighted by atomic mass is 35.5. The van der Waals surface area contributed by atoms with Crippen molar-refractivity contribution in [3.05, 3.63) is 17.3 Å². The minimum absolute atomic E-state index is 0.104. The second-order valence-corrected chi connectivity index (χ2v) is 7.67. The van der Waals surface area contributed by atoms with Gasteiger partial charge in [-0.2, -0.15) is 9.37 Å². The summed E-state index contributed by atoms with van der Waals surface area (Å²) in [5.41, 5.74) is -0.559. The van der Waals surface area contributed by atoms with Crippen LogP contribution < -0.4 is 4.74 Å². The van der Waals surface area contributed by atoms with Gasteiger partial charge >= 0.3 is 6.09 Å². The molecule has 0 aromatic carbocycles. The molecule has 9 heteroatoms. The zero-order valence-corrected chi connectivity index (χ0v) is 15.1. The van der Waals surface area contributed by atoms with Crippen LogP contribution in [-0.4, -0.2) is 59.0 Å². The van der Waals surface area contributed by atoms with Gasteiger partial charge in [0.1, 0.15) is 18.0 Å². The highest BCUT2D eigenvalue weighted by Crippen LogP contribution is 2.33. The maximum atomic E-state index is 14.0. The second kappa shape index (κ2) is 6.92. The Hall–Kier alpha value is -1.67. The third kappa shape index (κ3) is 4.12. The predicted molar refractivity (Wildman–Crippen MR) is 87.0 cm³/mol. The molecule has 3 heterocycles. The third-order valence-electron chi connectivity index (χ3n) is 4.12. The van der Waals surface area contributed by atoms with E-state index in [2.05, 4.69) is 9.97 Å². The lowest BCUT2D eigenvalue weighted by atomic mass is 9.84. The number of aromatic nitrogens is 2. The first-order chi connectivity index (χ1) is 11.7. The van der Waals surface area contributed by atoms with Gasteiger partial charge in [-0.3, -0.25) is 0 Å². The molecule has 2 fully saturated rings. The molecule has 0 aliphatic carbocycles. The average molecular weight is 374 g/mol. The monoisotopic (exact) mass is 373 g/mol. The van der Waals surface area contributed by atoms with Gasteiger partial charge in [-0.15, -0.1) is 0 Å². The van der Waals surface area contributed by atoms with Crippen LogP contribution in [0.5, 0.6) is 5.88 Å². The van der Waals surface area contributed by atoms with Crippen LogP contribution in [0.1, 0.15) is 20.8 Å². The summed E-state index contributed by atoms with van der Waals surface area (Å²) in [6.45, 7) is 7.14. The first kappa shape index (κ1) is 18.1. The molecule has 138 valence electrons. The number of nitrogens with zero attached hydrogens (tertiary/aromatic N) is 3. The zero-order valence-electron chi connectivity index (χ0n) is 14.4. The fraction of sp³-hybridized carbons (Fsp3) is 0.688. The van der Waals surface area contributed by atoms with E-state index in [1.54, 1.807) is 4.90 Å². The highest BCUT2D eigenvalue weighted by Gasteiger charge is 2.44. The van der Waals surface area contributed by atoms with E-state index in [0.29, 0.717) is 26.3 Å². The number of rotatable bonds is 2. The van der Waals surface area contributed by atoms with Crippen molar-refractivity contribution in [3.8, 4) is 5.88 Å². The molecule has 2 unspecified atom stereocenters. The fourth-order valence-electron chi connectivity index (χ4n) is 3.11. The molecule has 25 heavy (non-hydrogen) atoms. The Morgan fingerprint density at radius 1 is 1.32 bits per heavy atom. The zero-order chi connectivity index (χ0) is 18.2. The first-order valence-corrected chi connectivity index (χ1v) is 8.50. The number of piperidine rings is 1. The molecule has 0 spiro atoms. The van der Waals surface area contributed by atoms with E-state index >= 15 is 0 Å². The van der Waals surface area contributed by atoms with Gasteiger partial charge < -0.3 is 19.1 Å². The van der Waals surface area contributed by atoms with Crippen LogP contribution in [0.4, 0.5) is 9.18 Å². The summed E-state index contributed by atoms with van der Waals surface area (Å²) in [4.78, 5) is 21.4. The molecule has 3 rings (SSSR count). The summed E-state index contributed by atoms with van der Waals surface area (Å²) < 4.78 is 30.8. The lowest BCUT2D eigenvalue weighted by Gasteiger charge is -2.46. The van der Waals surface area contributed by atoms with Crippen molar-refractivity contribution < 1.29 is 23.4 Å². The van der Waals surface area contributed by atoms with Gasteiger partial charge in [-0.05, 0) is 20.8 Å². The van der Waals surface area contributed by atoms with Crippen molar-refractivity contribution in [1.29, 1.82) is 0 Å². The Balaban J connectivity index is 1.72. The fourth-order valence-corrected chi connectivity index (χ4v) is 3.24. The van der Waals surface area contributed by atoms with E-state index in [4.69, 9.17) is 25.8 Å². The summed E-state index contributed by atoms with van der Waals surface area (Å²) in [5.74, 6) is -1.16. The molecule has 2 aliphatic heterocycles. The Kier molecular flexibility index (Phi) is 5.02. The third-order valence-corrected chi connectivity index (χ3v) is 4.38. The van der Waals surface area contributed by atoms with Crippen LogP contribution in [0.2, 0.25) is 5.15 Å². The highest BCUT2D eigenvalue weighted by molar-refractivity contribution is 6.29. The van der Waals surface area contributed by atoms with Crippen LogP contribution in [0.3, 0.4) is 0 Å². The number of hydrogen-bond donors (Lipinski definition) is 0. The van der Waals surface area contributed by atoms with Crippen LogP contribution >= 0.6 is 11.6 Å². The summed E-state index contributed by atoms with van der Waals surface area (Å²) in [5, 5.41) is -0.280. The summed E-state index contributed by atoms with van der Waals surface area (Å²) in [6, 6.07) is 0. The van der Waals surface area contributed by atoms with Crippen LogP contribution in [0, 0.1) is 17.7 Å². The van der Waals surface area contributed by atoms with E-state index in [-0.39, 0.29) is 35.1 Å². The molecular weight excluding hydrogens is 353 g/mol. The quantitative estimate of drug-likeness (QED) is 0.742. The lowest BCUT2D eigenvalue weighted by molar-refractivity contribution is -0.114. The molecule has 2 saturated heterocycles. The topological polar surface area (TPSA) is 73.8 Å². The molecule has 7 nitrogen and oxygen atoms in total. The van der Waals surface area contributed by atoms with Crippen molar-refractivity contribution in [2.45, 2.75) is 32.5 Å². The summed E-state index contributed by atoms with van der Waals surface area (Å²) >= 11 is 5.68. The number of fused-ring (bicyclic) bond motifs is 2. The molecule has 0 N–H and O–H groups in total. The van der Waals surface area contributed by atoms with Crippen LogP contribution in [0.25, 0.3) is 0 Å². The predicted octanol–water partition coefficient (Wildman–Crippen LogP) is 2.53. The SMILES string of the molecule is CC(C)(C)OC(=O)N1CC2COCC(C1)C2Oc1ncnc(Cl)c1F. The van der Waals surface area contributed by atoms with Crippen LogP contribution in [0.15, 0.2) is 6.33 Å². The number of carbonyl (C=O) groups excluding carboxylic acids is 1. The molecular formula is C16H21ClFN3O4. The molecule has 2 bridgehead atoms. The van der Waals surface area contributed by atoms with Gasteiger partial charge in [0.05, 0.1) is 13.2 Å². The molecule has 1 aromatic rings. The number of carbonyl (C=O) groups is 1. The van der Waals surface area contributed by atoms with Crippen molar-refractivity contribution in [2.75, 3.05) is 26.3 Å². The minimum atomic E-state index is -0.780. The van der Waals surface area contributed by atoms with Gasteiger partial charge in [0, 0.05) is 24.9 Å². The number of hydrogen-bond acceptors (Lipinski definition) is 6. The molecule has 2 atom stereocenters. The van der Waals surface area contributed by atoms with Crippen molar-refractivity contribution >= 4 is 17.7 Å². The van der Waals surface area contributed by atoms with Crippen molar-refractivity contribution in [3.63, 3.8) is 0 Å². The molecule has 1 aromatic heterocycles. The Morgan fingerprint density at radius 3 is 2.56 bits per heavy atom. The van der Waals surface area contributed by atoms with Gasteiger partial charge in [0.25, 0.3) is 5.88 Å². The molecule has 1 amide bonds. The van der Waals surface area contributed by atoms with Crippen molar-refractivity contribution in [1.82, 2.24) is 14.9 Å². The number of likely N-dealkylation sites (tertiary alicyclic amines) is 1. The smallest absolute Gasteiger partial charge is 0.410 e. The Morgan fingerprint density at radius 2 is 1.96 bits per heavy atom. The maximum absolute atomic E-state index is 14.0. The second-order valence-electron chi connectivity index (χ2n) is 7.31. The number of ether oxygens (including phenoxy) is 3. The van der Waals surface area contributed by atoms with Gasteiger partial charge in [0.15, 0.2) is 5.15 Å². The van der Waals surface area contributed by atoms with E-state index < -0.39 is 11.4 Å². The van der Waals surface area contributed by atoms with Gasteiger partial charge in [0.2, 0.25) is 5.82 Å². The first-order valence-electron chi connectivity index (χ1n) is 8.13. The minimum Gasteiger partial charge on any atom is -0.471 e. The largest absolute Gasteiger partial charge is 0.471 e. The normalized spacial score (nSPS) is 26.3. The van der Waals surface area contributed by atoms with E-state index in [1.165, 1.54) is 0 Å². The summed E-state index contributed by atoms with van der Waals surface area (Å²) in [6.07, 6.45) is 0.482. The average Bonchev–Trinajstić information content (AvgIpc) is 2.49. The standard InChI is InChI=1S/C16H21ClFN3O4/c1-16(2,3)25-15(22)21-4-9-6-23-7-10(5-21)12(9)24-14-11(18)13(17)19-8-20-14/h8-10,12H,4-7H2,1-3H3. The van der Waals surface area contributed by atoms with Crippen LogP contribution in [-0.2, 0) is 9.47 Å². The number of amides is 1. The molecule has 0 saturated carbocycles. The lowest BCUT2D eigenvalue weighted by Crippen LogP contribution is -2.59. The molecule has 0 radical (unpaired) electrons. The Labute approximate surface area is 150 Å². The van der Waals surface area contributed by atoms with Crippen molar-refractivity contribution in [2.24, 2.45) is 11.8 Å².